The van der Waals surface area contributed by atoms with E-state index in [1.807, 2.05) is 60.7 Å². The van der Waals surface area contributed by atoms with Gasteiger partial charge in [-0.15, -0.1) is 19.9 Å². The molecule has 0 aliphatic heterocycles. The van der Waals surface area contributed by atoms with Gasteiger partial charge in [0.05, 0.1) is 5.56 Å². The summed E-state index contributed by atoms with van der Waals surface area (Å²) in [7, 11) is 0. The molecule has 5 aromatic rings. The highest BCUT2D eigenvalue weighted by Crippen LogP contribution is 2.39. The Morgan fingerprint density at radius 3 is 2.26 bits per heavy atom. The van der Waals surface area contributed by atoms with Gasteiger partial charge in [-0.1, -0.05) is 60.7 Å². The maximum atomic E-state index is 5.61. The standard InChI is InChI=1S/C18H11N7OS/c27-18-21-20-17(26-18)14-13(11-7-3-1-4-8-11)15(12-9-5-2-6-10-12)22-25-16(14)19-23-24-25/h1-10H,(H,21,27). The van der Waals surface area contributed by atoms with Gasteiger partial charge in [-0.2, -0.15) is 0 Å². The lowest BCUT2D eigenvalue weighted by molar-refractivity contribution is 0.552. The third-order valence-corrected chi connectivity index (χ3v) is 4.30. The van der Waals surface area contributed by atoms with Crippen molar-refractivity contribution in [3.05, 3.63) is 65.5 Å². The van der Waals surface area contributed by atoms with Crippen molar-refractivity contribution < 1.29 is 4.42 Å². The summed E-state index contributed by atoms with van der Waals surface area (Å²) < 4.78 is 6.98. The first kappa shape index (κ1) is 15.5. The molecule has 5 rings (SSSR count). The molecule has 0 radical (unpaired) electrons. The van der Waals surface area contributed by atoms with E-state index in [2.05, 4.69) is 30.8 Å². The number of aromatic amines is 1. The number of fused-ring (bicyclic) bond motifs is 1. The second-order valence-electron chi connectivity index (χ2n) is 5.74. The predicted octanol–water partition coefficient (Wildman–Crippen LogP) is 3.57. The molecule has 0 spiro atoms. The normalized spacial score (nSPS) is 11.1. The van der Waals surface area contributed by atoms with Gasteiger partial charge in [0.1, 0.15) is 5.69 Å². The van der Waals surface area contributed by atoms with Crippen LogP contribution in [0.3, 0.4) is 0 Å². The maximum absolute atomic E-state index is 5.61. The van der Waals surface area contributed by atoms with E-state index in [0.29, 0.717) is 22.8 Å². The molecule has 0 aliphatic rings. The van der Waals surface area contributed by atoms with E-state index < -0.39 is 0 Å². The Balaban J connectivity index is 1.96. The molecule has 0 fully saturated rings. The molecule has 0 amide bonds. The number of nitrogens with one attached hydrogen (secondary N) is 1. The molecule has 27 heavy (non-hydrogen) atoms. The zero-order chi connectivity index (χ0) is 18.2. The van der Waals surface area contributed by atoms with Crippen LogP contribution in [-0.2, 0) is 0 Å². The Morgan fingerprint density at radius 1 is 0.889 bits per heavy atom. The van der Waals surface area contributed by atoms with E-state index in [4.69, 9.17) is 16.6 Å². The number of hydrogen-bond donors (Lipinski definition) is 1. The fourth-order valence-corrected chi connectivity index (χ4v) is 3.12. The third kappa shape index (κ3) is 2.61. The van der Waals surface area contributed by atoms with Crippen LogP contribution in [0.1, 0.15) is 0 Å². The van der Waals surface area contributed by atoms with Crippen LogP contribution in [0.5, 0.6) is 0 Å². The van der Waals surface area contributed by atoms with E-state index in [0.717, 1.165) is 16.7 Å². The Hall–Kier alpha value is -3.72. The van der Waals surface area contributed by atoms with E-state index in [9.17, 15) is 0 Å². The lowest BCUT2D eigenvalue weighted by Crippen LogP contribution is -2.03. The van der Waals surface area contributed by atoms with Crippen LogP contribution >= 0.6 is 12.2 Å². The van der Waals surface area contributed by atoms with Gasteiger partial charge in [0, 0.05) is 11.1 Å². The molecule has 0 saturated heterocycles. The third-order valence-electron chi connectivity index (χ3n) is 4.12. The molecule has 0 unspecified atom stereocenters. The zero-order valence-corrected chi connectivity index (χ0v) is 14.6. The second kappa shape index (κ2) is 6.22. The Labute approximate surface area is 157 Å². The fraction of sp³-hybridized carbons (Fsp3) is 0. The number of nitrogens with zero attached hydrogens (tertiary/aromatic N) is 6. The SMILES string of the molecule is S=c1[nH]nc(-c2c(-c3ccccc3)c(-c3ccccc3)nn3nnnc23)o1. The van der Waals surface area contributed by atoms with Crippen LogP contribution in [0.15, 0.2) is 65.1 Å². The van der Waals surface area contributed by atoms with E-state index in [1.165, 1.54) is 4.63 Å². The number of aromatic nitrogens is 7. The number of rotatable bonds is 3. The van der Waals surface area contributed by atoms with Crippen molar-refractivity contribution in [1.82, 2.24) is 35.5 Å². The van der Waals surface area contributed by atoms with E-state index in [1.54, 1.807) is 0 Å². The van der Waals surface area contributed by atoms with Crippen LogP contribution in [0.2, 0.25) is 0 Å². The minimum atomic E-state index is 0.174. The minimum Gasteiger partial charge on any atom is -0.409 e. The molecule has 1 N–H and O–H groups in total. The molecular weight excluding hydrogens is 362 g/mol. The Kier molecular flexibility index (Phi) is 3.58. The summed E-state index contributed by atoms with van der Waals surface area (Å²) in [6, 6.07) is 19.7. The molecular formula is C18H11N7OS. The zero-order valence-electron chi connectivity index (χ0n) is 13.8. The molecule has 8 nitrogen and oxygen atoms in total. The molecule has 3 heterocycles. The van der Waals surface area contributed by atoms with E-state index >= 15 is 0 Å². The van der Waals surface area contributed by atoms with Gasteiger partial charge in [-0.05, 0) is 28.2 Å². The van der Waals surface area contributed by atoms with Crippen LogP contribution in [0, 0.1) is 4.84 Å². The molecule has 2 aromatic carbocycles. The summed E-state index contributed by atoms with van der Waals surface area (Å²) in [6.07, 6.45) is 0. The second-order valence-corrected chi connectivity index (χ2v) is 6.11. The van der Waals surface area contributed by atoms with Crippen LogP contribution in [0.25, 0.3) is 39.5 Å². The highest BCUT2D eigenvalue weighted by molar-refractivity contribution is 7.71. The van der Waals surface area contributed by atoms with Gasteiger partial charge in [-0.3, -0.25) is 0 Å². The van der Waals surface area contributed by atoms with Crippen molar-refractivity contribution in [1.29, 1.82) is 0 Å². The summed E-state index contributed by atoms with van der Waals surface area (Å²) >= 11 is 5.06. The van der Waals surface area contributed by atoms with Crippen LogP contribution in [0.4, 0.5) is 0 Å². The van der Waals surface area contributed by atoms with Gasteiger partial charge in [0.25, 0.3) is 10.7 Å². The van der Waals surface area contributed by atoms with Crippen LogP contribution < -0.4 is 0 Å². The summed E-state index contributed by atoms with van der Waals surface area (Å²) in [6.45, 7) is 0. The van der Waals surface area contributed by atoms with Gasteiger partial charge < -0.3 is 4.42 Å². The van der Waals surface area contributed by atoms with Crippen molar-refractivity contribution in [2.45, 2.75) is 0 Å². The van der Waals surface area contributed by atoms with Gasteiger partial charge in [0.2, 0.25) is 5.65 Å². The van der Waals surface area contributed by atoms with Crippen molar-refractivity contribution in [3.8, 4) is 33.8 Å². The highest BCUT2D eigenvalue weighted by Gasteiger charge is 2.24. The molecule has 130 valence electrons. The highest BCUT2D eigenvalue weighted by atomic mass is 32.1. The van der Waals surface area contributed by atoms with Crippen molar-refractivity contribution >= 4 is 17.9 Å². The predicted molar refractivity (Wildman–Crippen MR) is 100 cm³/mol. The summed E-state index contributed by atoms with van der Waals surface area (Å²) in [4.78, 5) is 0.174. The van der Waals surface area contributed by atoms with Gasteiger partial charge in [-0.25, -0.2) is 5.10 Å². The first-order chi connectivity index (χ1) is 13.3. The molecule has 9 heteroatoms. The average Bonchev–Trinajstić information content (AvgIpc) is 3.36. The Bertz CT molecular complexity index is 1290. The van der Waals surface area contributed by atoms with Crippen LogP contribution in [-0.4, -0.2) is 35.5 Å². The van der Waals surface area contributed by atoms with Gasteiger partial charge in [0.15, 0.2) is 0 Å². The topological polar surface area (TPSA) is 97.8 Å². The summed E-state index contributed by atoms with van der Waals surface area (Å²) in [5, 5.41) is 23.4. The summed E-state index contributed by atoms with van der Waals surface area (Å²) in [5.74, 6) is 0.304. The average molecular weight is 373 g/mol. The molecule has 3 aromatic heterocycles. The number of H-pyrrole nitrogens is 1. The monoisotopic (exact) mass is 373 g/mol. The fourth-order valence-electron chi connectivity index (χ4n) is 3.00. The number of hydrogen-bond acceptors (Lipinski definition) is 7. The summed E-state index contributed by atoms with van der Waals surface area (Å²) in [5.41, 5.74) is 4.43. The first-order valence-electron chi connectivity index (χ1n) is 8.10. The lowest BCUT2D eigenvalue weighted by Gasteiger charge is -2.13. The van der Waals surface area contributed by atoms with Crippen molar-refractivity contribution in [3.63, 3.8) is 0 Å². The molecule has 0 aliphatic carbocycles. The molecule has 0 bridgehead atoms. The van der Waals surface area contributed by atoms with Crippen molar-refractivity contribution in [2.24, 2.45) is 0 Å². The van der Waals surface area contributed by atoms with E-state index in [-0.39, 0.29) is 4.84 Å². The van der Waals surface area contributed by atoms with Crippen molar-refractivity contribution in [2.75, 3.05) is 0 Å². The minimum absolute atomic E-state index is 0.174. The number of tetrazole rings is 1. The lowest BCUT2D eigenvalue weighted by atomic mass is 9.95. The first-order valence-corrected chi connectivity index (χ1v) is 8.51. The Morgan fingerprint density at radius 2 is 1.59 bits per heavy atom. The quantitative estimate of drug-likeness (QED) is 0.483. The largest absolute Gasteiger partial charge is 0.409 e. The molecule has 0 saturated carbocycles. The van der Waals surface area contributed by atoms with Gasteiger partial charge >= 0.3 is 0 Å². The smallest absolute Gasteiger partial charge is 0.284 e. The molecule has 0 atom stereocenters. The maximum Gasteiger partial charge on any atom is 0.284 e. The number of benzene rings is 2.